The molecule has 27 heavy (non-hydrogen) atoms. The third-order valence-corrected chi connectivity index (χ3v) is 4.59. The molecule has 0 bridgehead atoms. The Morgan fingerprint density at radius 3 is 2.70 bits per heavy atom. The standard InChI is InChI=1S/C20H22N4O2S/c1-14-7-9-17(10-8-14)26-19-6-4-3-5-16(19)11-12-21-20(25)22-15(2)18-13-27-24-23-18/h3-10,13,15H,11-12H2,1-2H3,(H2,21,22,25). The summed E-state index contributed by atoms with van der Waals surface area (Å²) >= 11 is 1.27. The van der Waals surface area contributed by atoms with Gasteiger partial charge in [0.1, 0.15) is 11.5 Å². The first-order valence-electron chi connectivity index (χ1n) is 8.75. The van der Waals surface area contributed by atoms with E-state index in [2.05, 4.69) is 20.2 Å². The summed E-state index contributed by atoms with van der Waals surface area (Å²) in [6, 6.07) is 15.4. The molecular weight excluding hydrogens is 360 g/mol. The van der Waals surface area contributed by atoms with Crippen molar-refractivity contribution in [3.05, 3.63) is 70.7 Å². The molecule has 6 nitrogen and oxygen atoms in total. The zero-order valence-corrected chi connectivity index (χ0v) is 16.1. The maximum absolute atomic E-state index is 12.0. The predicted molar refractivity (Wildman–Crippen MR) is 106 cm³/mol. The quantitative estimate of drug-likeness (QED) is 0.641. The number of para-hydroxylation sites is 1. The van der Waals surface area contributed by atoms with Crippen LogP contribution in [0.3, 0.4) is 0 Å². The zero-order valence-electron chi connectivity index (χ0n) is 15.3. The lowest BCUT2D eigenvalue weighted by molar-refractivity contribution is 0.238. The van der Waals surface area contributed by atoms with Crippen LogP contribution < -0.4 is 15.4 Å². The molecule has 3 rings (SSSR count). The average molecular weight is 382 g/mol. The van der Waals surface area contributed by atoms with Gasteiger partial charge in [0.25, 0.3) is 0 Å². The number of nitrogens with zero attached hydrogens (tertiary/aromatic N) is 2. The van der Waals surface area contributed by atoms with E-state index >= 15 is 0 Å². The number of amides is 2. The highest BCUT2D eigenvalue weighted by atomic mass is 32.1. The van der Waals surface area contributed by atoms with Crippen LogP contribution in [0.2, 0.25) is 0 Å². The lowest BCUT2D eigenvalue weighted by atomic mass is 10.1. The number of ether oxygens (including phenoxy) is 1. The van der Waals surface area contributed by atoms with Crippen LogP contribution >= 0.6 is 11.5 Å². The number of carbonyl (C=O) groups excluding carboxylic acids is 1. The van der Waals surface area contributed by atoms with E-state index in [0.29, 0.717) is 13.0 Å². The van der Waals surface area contributed by atoms with Crippen LogP contribution in [0.5, 0.6) is 11.5 Å². The molecule has 0 radical (unpaired) electrons. The summed E-state index contributed by atoms with van der Waals surface area (Å²) in [5, 5.41) is 11.5. The Labute approximate surface area is 162 Å². The van der Waals surface area contributed by atoms with Gasteiger partial charge in [0.15, 0.2) is 0 Å². The van der Waals surface area contributed by atoms with Gasteiger partial charge in [-0.15, -0.1) is 5.10 Å². The normalized spacial score (nSPS) is 11.6. The van der Waals surface area contributed by atoms with Gasteiger partial charge in [-0.2, -0.15) is 0 Å². The van der Waals surface area contributed by atoms with Crippen LogP contribution in [0.4, 0.5) is 4.79 Å². The molecule has 1 aromatic heterocycles. The monoisotopic (exact) mass is 382 g/mol. The number of urea groups is 1. The fourth-order valence-corrected chi connectivity index (χ4v) is 3.08. The van der Waals surface area contributed by atoms with Crippen LogP contribution in [0.1, 0.15) is 29.8 Å². The molecule has 0 spiro atoms. The van der Waals surface area contributed by atoms with Crippen molar-refractivity contribution in [2.45, 2.75) is 26.3 Å². The third kappa shape index (κ3) is 5.52. The summed E-state index contributed by atoms with van der Waals surface area (Å²) in [5.74, 6) is 1.59. The second-order valence-corrected chi connectivity index (χ2v) is 6.83. The van der Waals surface area contributed by atoms with Crippen LogP contribution in [0.15, 0.2) is 53.9 Å². The van der Waals surface area contributed by atoms with E-state index in [4.69, 9.17) is 4.74 Å². The SMILES string of the molecule is Cc1ccc(Oc2ccccc2CCNC(=O)NC(C)c2csnn2)cc1. The zero-order chi connectivity index (χ0) is 19.1. The molecule has 2 N–H and O–H groups in total. The van der Waals surface area contributed by atoms with E-state index < -0.39 is 0 Å². The molecule has 2 amide bonds. The fourth-order valence-electron chi connectivity index (χ4n) is 2.54. The minimum atomic E-state index is -0.229. The molecule has 140 valence electrons. The average Bonchev–Trinajstić information content (AvgIpc) is 3.20. The molecular formula is C20H22N4O2S. The summed E-state index contributed by atoms with van der Waals surface area (Å²) < 4.78 is 9.80. The topological polar surface area (TPSA) is 76.1 Å². The molecule has 0 aliphatic carbocycles. The van der Waals surface area contributed by atoms with Crippen molar-refractivity contribution in [1.29, 1.82) is 0 Å². The summed E-state index contributed by atoms with van der Waals surface area (Å²) in [6.45, 7) is 4.42. The summed E-state index contributed by atoms with van der Waals surface area (Å²) in [6.07, 6.45) is 0.669. The third-order valence-electron chi connectivity index (χ3n) is 4.07. The van der Waals surface area contributed by atoms with Crippen molar-refractivity contribution in [2.24, 2.45) is 0 Å². The Hall–Kier alpha value is -2.93. The molecule has 7 heteroatoms. The molecule has 1 heterocycles. The maximum atomic E-state index is 12.0. The molecule has 0 saturated heterocycles. The van der Waals surface area contributed by atoms with Crippen molar-refractivity contribution in [3.63, 3.8) is 0 Å². The van der Waals surface area contributed by atoms with Crippen LogP contribution in [0, 0.1) is 6.92 Å². The van der Waals surface area contributed by atoms with Gasteiger partial charge < -0.3 is 15.4 Å². The van der Waals surface area contributed by atoms with Gasteiger partial charge in [-0.1, -0.05) is 40.4 Å². The van der Waals surface area contributed by atoms with E-state index in [1.54, 1.807) is 0 Å². The van der Waals surface area contributed by atoms with E-state index in [9.17, 15) is 4.79 Å². The number of benzene rings is 2. The van der Waals surface area contributed by atoms with Gasteiger partial charge >= 0.3 is 6.03 Å². The largest absolute Gasteiger partial charge is 0.457 e. The van der Waals surface area contributed by atoms with E-state index in [0.717, 1.165) is 22.8 Å². The minimum absolute atomic E-state index is 0.180. The number of aryl methyl sites for hydroxylation is 1. The molecule has 2 aromatic carbocycles. The van der Waals surface area contributed by atoms with Gasteiger partial charge in [-0.05, 0) is 55.6 Å². The Balaban J connectivity index is 1.52. The summed E-state index contributed by atoms with van der Waals surface area (Å²) in [5.41, 5.74) is 2.98. The first-order valence-corrected chi connectivity index (χ1v) is 9.59. The first kappa shape index (κ1) is 18.8. The Morgan fingerprint density at radius 2 is 1.96 bits per heavy atom. The van der Waals surface area contributed by atoms with Crippen LogP contribution in [-0.4, -0.2) is 22.2 Å². The first-order chi connectivity index (χ1) is 13.1. The number of nitrogens with one attached hydrogen (secondary N) is 2. The molecule has 0 fully saturated rings. The van der Waals surface area contributed by atoms with Crippen molar-refractivity contribution >= 4 is 17.6 Å². The van der Waals surface area contributed by atoms with E-state index in [1.807, 2.05) is 67.8 Å². The van der Waals surface area contributed by atoms with E-state index in [-0.39, 0.29) is 12.1 Å². The number of aromatic nitrogens is 2. The molecule has 1 unspecified atom stereocenters. The van der Waals surface area contributed by atoms with Gasteiger partial charge in [0.2, 0.25) is 0 Å². The fraction of sp³-hybridized carbons (Fsp3) is 0.250. The van der Waals surface area contributed by atoms with E-state index in [1.165, 1.54) is 17.1 Å². The van der Waals surface area contributed by atoms with Crippen LogP contribution in [-0.2, 0) is 6.42 Å². The van der Waals surface area contributed by atoms with Crippen LogP contribution in [0.25, 0.3) is 0 Å². The highest BCUT2D eigenvalue weighted by Crippen LogP contribution is 2.25. The summed E-state index contributed by atoms with van der Waals surface area (Å²) in [7, 11) is 0. The highest BCUT2D eigenvalue weighted by molar-refractivity contribution is 7.03. The maximum Gasteiger partial charge on any atom is 0.315 e. The Bertz CT molecular complexity index is 866. The lowest BCUT2D eigenvalue weighted by Gasteiger charge is -2.14. The predicted octanol–water partition coefficient (Wildman–Crippen LogP) is 4.24. The number of hydrogen-bond acceptors (Lipinski definition) is 5. The smallest absolute Gasteiger partial charge is 0.315 e. The van der Waals surface area contributed by atoms with Crippen molar-refractivity contribution < 1.29 is 9.53 Å². The van der Waals surface area contributed by atoms with Crippen molar-refractivity contribution in [3.8, 4) is 11.5 Å². The van der Waals surface area contributed by atoms with Gasteiger partial charge in [-0.3, -0.25) is 0 Å². The van der Waals surface area contributed by atoms with Crippen molar-refractivity contribution in [1.82, 2.24) is 20.2 Å². The Morgan fingerprint density at radius 1 is 1.19 bits per heavy atom. The number of hydrogen-bond donors (Lipinski definition) is 2. The minimum Gasteiger partial charge on any atom is -0.457 e. The molecule has 0 saturated carbocycles. The highest BCUT2D eigenvalue weighted by Gasteiger charge is 2.12. The second-order valence-electron chi connectivity index (χ2n) is 6.22. The van der Waals surface area contributed by atoms with Gasteiger partial charge in [0.05, 0.1) is 11.7 Å². The van der Waals surface area contributed by atoms with Gasteiger partial charge in [0, 0.05) is 11.9 Å². The second kappa shape index (κ2) is 9.14. The molecule has 0 aliphatic heterocycles. The Kier molecular flexibility index (Phi) is 6.38. The lowest BCUT2D eigenvalue weighted by Crippen LogP contribution is -2.38. The summed E-state index contributed by atoms with van der Waals surface area (Å²) in [4.78, 5) is 12.0. The molecule has 1 atom stereocenters. The molecule has 0 aliphatic rings. The van der Waals surface area contributed by atoms with Crippen molar-refractivity contribution in [2.75, 3.05) is 6.54 Å². The van der Waals surface area contributed by atoms with Gasteiger partial charge in [-0.25, -0.2) is 4.79 Å². The molecule has 3 aromatic rings. The number of rotatable bonds is 7. The number of carbonyl (C=O) groups is 1.